The highest BCUT2D eigenvalue weighted by molar-refractivity contribution is 7.92. The number of hydrogen-bond donors (Lipinski definition) is 4. The predicted octanol–water partition coefficient (Wildman–Crippen LogP) is 4.59. The topological polar surface area (TPSA) is 137 Å². The van der Waals surface area contributed by atoms with Crippen LogP contribution in [-0.4, -0.2) is 66.1 Å². The van der Waals surface area contributed by atoms with E-state index in [0.717, 1.165) is 35.7 Å². The highest BCUT2D eigenvalue weighted by Crippen LogP contribution is 2.18. The fourth-order valence-electron chi connectivity index (χ4n) is 5.63. The Bertz CT molecular complexity index is 1600. The first-order valence-corrected chi connectivity index (χ1v) is 18.2. The van der Waals surface area contributed by atoms with Crippen molar-refractivity contribution in [2.75, 3.05) is 12.3 Å². The average Bonchev–Trinajstić information content (AvgIpc) is 3.03. The number of aliphatic hydroxyl groups is 1. The number of benzene rings is 2. The molecule has 3 atom stereocenters. The van der Waals surface area contributed by atoms with E-state index in [-0.39, 0.29) is 24.1 Å². The van der Waals surface area contributed by atoms with Gasteiger partial charge in [0.25, 0.3) is 5.91 Å². The van der Waals surface area contributed by atoms with Crippen molar-refractivity contribution < 1.29 is 31.9 Å². The molecule has 2 amide bonds. The van der Waals surface area contributed by atoms with E-state index < -0.39 is 62.5 Å². The van der Waals surface area contributed by atoms with Crippen molar-refractivity contribution in [1.82, 2.24) is 20.9 Å². The summed E-state index contributed by atoms with van der Waals surface area (Å²) < 4.78 is 55.5. The molecule has 0 radical (unpaired) electrons. The van der Waals surface area contributed by atoms with Crippen LogP contribution in [-0.2, 0) is 34.0 Å². The summed E-state index contributed by atoms with van der Waals surface area (Å²) in [6.45, 7) is 7.96. The van der Waals surface area contributed by atoms with Crippen LogP contribution >= 0.6 is 0 Å². The lowest BCUT2D eigenvalue weighted by Crippen LogP contribution is -2.57. The quantitative estimate of drug-likeness (QED) is 0.145. The van der Waals surface area contributed by atoms with Crippen molar-refractivity contribution >= 4 is 21.7 Å². The maximum absolute atomic E-state index is 14.1. The van der Waals surface area contributed by atoms with Gasteiger partial charge in [0.2, 0.25) is 5.91 Å². The zero-order valence-corrected chi connectivity index (χ0v) is 29.0. The van der Waals surface area contributed by atoms with E-state index in [1.165, 1.54) is 6.20 Å². The Kier molecular flexibility index (Phi) is 15.1. The van der Waals surface area contributed by atoms with Gasteiger partial charge in [-0.25, -0.2) is 17.2 Å². The number of halogens is 2. The molecule has 0 unspecified atom stereocenters. The lowest BCUT2D eigenvalue weighted by molar-refractivity contribution is -0.124. The minimum Gasteiger partial charge on any atom is -0.390 e. The van der Waals surface area contributed by atoms with Crippen molar-refractivity contribution in [2.45, 2.75) is 96.2 Å². The normalized spacial score (nSPS) is 13.6. The summed E-state index contributed by atoms with van der Waals surface area (Å²) in [4.78, 5) is 31.2. The van der Waals surface area contributed by atoms with Crippen molar-refractivity contribution in [2.24, 2.45) is 0 Å². The molecule has 1 heterocycles. The van der Waals surface area contributed by atoms with Crippen LogP contribution in [0.2, 0.25) is 0 Å². The van der Waals surface area contributed by atoms with Gasteiger partial charge in [-0.1, -0.05) is 57.9 Å². The number of pyridine rings is 1. The Morgan fingerprint density at radius 2 is 1.56 bits per heavy atom. The first-order chi connectivity index (χ1) is 22.8. The van der Waals surface area contributed by atoms with Gasteiger partial charge < -0.3 is 21.1 Å². The smallest absolute Gasteiger partial charge is 0.253 e. The molecular weight excluding hydrogens is 638 g/mol. The zero-order chi connectivity index (χ0) is 35.3. The molecule has 0 aliphatic heterocycles. The van der Waals surface area contributed by atoms with E-state index in [1.807, 2.05) is 45.0 Å². The number of nitrogens with one attached hydrogen (secondary N) is 3. The predicted molar refractivity (Wildman–Crippen MR) is 183 cm³/mol. The number of sulfone groups is 1. The highest BCUT2D eigenvalue weighted by atomic mass is 32.2. The minimum atomic E-state index is -3.87. The molecule has 12 heteroatoms. The first kappa shape index (κ1) is 38.7. The molecule has 0 saturated heterocycles. The second kappa shape index (κ2) is 18.7. The van der Waals surface area contributed by atoms with Crippen LogP contribution in [0.4, 0.5) is 8.78 Å². The second-order valence-electron chi connectivity index (χ2n) is 12.3. The van der Waals surface area contributed by atoms with Crippen molar-refractivity contribution in [3.63, 3.8) is 0 Å². The number of nitrogens with zero attached hydrogens (tertiary/aromatic N) is 1. The molecule has 2 aromatic carbocycles. The van der Waals surface area contributed by atoms with Gasteiger partial charge in [0.05, 0.1) is 28.7 Å². The molecule has 0 aliphatic rings. The molecule has 0 bridgehead atoms. The number of amides is 2. The van der Waals surface area contributed by atoms with E-state index in [0.29, 0.717) is 37.8 Å². The average molecular weight is 687 g/mol. The van der Waals surface area contributed by atoms with Crippen LogP contribution in [0.15, 0.2) is 60.9 Å². The molecule has 0 fully saturated rings. The summed E-state index contributed by atoms with van der Waals surface area (Å²) in [5.41, 5.74) is 3.16. The van der Waals surface area contributed by atoms with Gasteiger partial charge in [0, 0.05) is 31.5 Å². The Morgan fingerprint density at radius 1 is 0.896 bits per heavy atom. The molecule has 0 spiro atoms. The molecule has 3 rings (SSSR count). The number of aliphatic hydroxyl groups excluding tert-OH is 1. The number of aryl methyl sites for hydroxylation is 2. The first-order valence-electron chi connectivity index (χ1n) is 16.5. The molecule has 0 aliphatic carbocycles. The molecule has 4 N–H and O–H groups in total. The van der Waals surface area contributed by atoms with E-state index in [1.54, 1.807) is 19.2 Å². The van der Waals surface area contributed by atoms with Crippen molar-refractivity contribution in [3.05, 3.63) is 100 Å². The van der Waals surface area contributed by atoms with Gasteiger partial charge in [0.1, 0.15) is 17.7 Å². The molecule has 1 aromatic heterocycles. The minimum absolute atomic E-state index is 0.00153. The van der Waals surface area contributed by atoms with Crippen molar-refractivity contribution in [1.29, 1.82) is 0 Å². The Balaban J connectivity index is 1.89. The molecular formula is C36H48F2N4O5S. The summed E-state index contributed by atoms with van der Waals surface area (Å²) in [6.07, 6.45) is 4.36. The van der Waals surface area contributed by atoms with Crippen LogP contribution in [0, 0.1) is 18.6 Å². The van der Waals surface area contributed by atoms with E-state index in [9.17, 15) is 31.9 Å². The lowest BCUT2D eigenvalue weighted by atomic mass is 10.00. The standard InChI is InChI=1S/C36H48F2N4O5S/c1-5-9-31(10-6-2)48(46,47)23-33(42-35(44)28-13-24(4)19-39-21-28)36(45)41-32(17-27-15-29(37)18-30(38)16-27)34(43)22-40-20-26-12-8-11-25(7-3)14-26/h8,11-16,18-19,21,31-34,40,43H,5-7,9-10,17,20,22-23H2,1-4H3,(H,41,45)(H,42,44)/t32-,33+,34+/m0/s1. The number of aromatic nitrogens is 1. The van der Waals surface area contributed by atoms with Gasteiger partial charge in [0.15, 0.2) is 9.84 Å². The van der Waals surface area contributed by atoms with Gasteiger partial charge in [-0.2, -0.15) is 0 Å². The molecule has 48 heavy (non-hydrogen) atoms. The summed E-state index contributed by atoms with van der Waals surface area (Å²) in [5, 5.41) is 19.0. The van der Waals surface area contributed by atoms with Gasteiger partial charge in [-0.05, 0) is 73.1 Å². The SMILES string of the molecule is CCCC(CCC)S(=O)(=O)C[C@@H](NC(=O)c1cncc(C)c1)C(=O)N[C@@H](Cc1cc(F)cc(F)c1)[C@H](O)CNCc1cccc(CC)c1. The fourth-order valence-corrected chi connectivity index (χ4v) is 7.80. The summed E-state index contributed by atoms with van der Waals surface area (Å²) in [7, 11) is -3.87. The van der Waals surface area contributed by atoms with E-state index >= 15 is 0 Å². The Morgan fingerprint density at radius 3 is 2.19 bits per heavy atom. The number of carbonyl (C=O) groups is 2. The maximum atomic E-state index is 14.1. The summed E-state index contributed by atoms with van der Waals surface area (Å²) >= 11 is 0. The van der Waals surface area contributed by atoms with Crippen molar-refractivity contribution in [3.8, 4) is 0 Å². The van der Waals surface area contributed by atoms with Crippen LogP contribution < -0.4 is 16.0 Å². The fraction of sp³-hybridized carbons (Fsp3) is 0.472. The Labute approximate surface area is 282 Å². The Hall–Kier alpha value is -3.74. The third-order valence-electron chi connectivity index (χ3n) is 8.14. The zero-order valence-electron chi connectivity index (χ0n) is 28.1. The van der Waals surface area contributed by atoms with Crippen LogP contribution in [0.3, 0.4) is 0 Å². The molecule has 0 saturated carbocycles. The highest BCUT2D eigenvalue weighted by Gasteiger charge is 2.34. The van der Waals surface area contributed by atoms with Gasteiger partial charge in [-0.15, -0.1) is 0 Å². The largest absolute Gasteiger partial charge is 0.390 e. The van der Waals surface area contributed by atoms with Crippen LogP contribution in [0.1, 0.15) is 79.1 Å². The number of carbonyl (C=O) groups excluding carboxylic acids is 2. The third kappa shape index (κ3) is 12.1. The third-order valence-corrected chi connectivity index (χ3v) is 10.4. The van der Waals surface area contributed by atoms with Gasteiger partial charge in [-0.3, -0.25) is 14.6 Å². The van der Waals surface area contributed by atoms with E-state index in [4.69, 9.17) is 0 Å². The number of rotatable bonds is 19. The maximum Gasteiger partial charge on any atom is 0.253 e. The van der Waals surface area contributed by atoms with Crippen LogP contribution in [0.25, 0.3) is 0 Å². The monoisotopic (exact) mass is 686 g/mol. The lowest BCUT2D eigenvalue weighted by Gasteiger charge is -2.28. The van der Waals surface area contributed by atoms with Gasteiger partial charge >= 0.3 is 0 Å². The molecule has 262 valence electrons. The second-order valence-corrected chi connectivity index (χ2v) is 14.6. The molecule has 3 aromatic rings. The summed E-state index contributed by atoms with van der Waals surface area (Å²) in [6, 6.07) is 9.80. The molecule has 9 nitrogen and oxygen atoms in total. The summed E-state index contributed by atoms with van der Waals surface area (Å²) in [5.74, 6) is -3.85. The van der Waals surface area contributed by atoms with E-state index in [2.05, 4.69) is 20.9 Å². The van der Waals surface area contributed by atoms with Crippen LogP contribution in [0.5, 0.6) is 0 Å². The number of hydrogen-bond acceptors (Lipinski definition) is 7.